The lowest BCUT2D eigenvalue weighted by molar-refractivity contribution is -0.129. The maximum absolute atomic E-state index is 10.2. The van der Waals surface area contributed by atoms with Crippen molar-refractivity contribution in [3.05, 3.63) is 0 Å². The number of hydrazone groups is 1. The molecule has 0 amide bonds. The van der Waals surface area contributed by atoms with Crippen LogP contribution in [0.3, 0.4) is 0 Å². The third kappa shape index (κ3) is 4.62. The molecule has 0 radical (unpaired) electrons. The first-order chi connectivity index (χ1) is 5.57. The normalized spacial score (nSPS) is 10.7. The molecule has 0 aliphatic carbocycles. The van der Waals surface area contributed by atoms with Gasteiger partial charge in [0.1, 0.15) is 5.71 Å². The van der Waals surface area contributed by atoms with Crippen LogP contribution in [0.5, 0.6) is 0 Å². The van der Waals surface area contributed by atoms with Crippen LogP contribution in [0.15, 0.2) is 5.10 Å². The van der Waals surface area contributed by atoms with Gasteiger partial charge in [0, 0.05) is 6.54 Å². The number of carbonyl (C=O) groups is 1. The number of hydrogen-bond acceptors (Lipinski definition) is 3. The van der Waals surface area contributed by atoms with E-state index in [0.717, 1.165) is 0 Å². The highest BCUT2D eigenvalue weighted by molar-refractivity contribution is 7.80. The Balaban J connectivity index is 3.87. The minimum atomic E-state index is -1.07. The zero-order valence-electron chi connectivity index (χ0n) is 6.92. The monoisotopic (exact) mass is 189 g/mol. The number of hydrogen-bond donors (Lipinski definition) is 3. The summed E-state index contributed by atoms with van der Waals surface area (Å²) < 4.78 is 0. The lowest BCUT2D eigenvalue weighted by Gasteiger charge is -2.02. The highest BCUT2D eigenvalue weighted by Gasteiger charge is 2.00. The fraction of sp³-hybridized carbons (Fsp3) is 0.500. The third-order valence-electron chi connectivity index (χ3n) is 0.972. The summed E-state index contributed by atoms with van der Waals surface area (Å²) in [4.78, 5) is 10.2. The Labute approximate surface area is 75.8 Å². The molecular weight excluding hydrogens is 178 g/mol. The van der Waals surface area contributed by atoms with Crippen molar-refractivity contribution < 1.29 is 9.90 Å². The summed E-state index contributed by atoms with van der Waals surface area (Å²) in [6.45, 7) is 3.93. The van der Waals surface area contributed by atoms with Crippen LogP contribution >= 0.6 is 12.2 Å². The van der Waals surface area contributed by atoms with Gasteiger partial charge in [-0.25, -0.2) is 4.79 Å². The number of nitrogens with zero attached hydrogens (tertiary/aromatic N) is 1. The van der Waals surface area contributed by atoms with Crippen LogP contribution in [0, 0.1) is 0 Å². The van der Waals surface area contributed by atoms with Crippen molar-refractivity contribution in [3.63, 3.8) is 0 Å². The topological polar surface area (TPSA) is 73.7 Å². The average Bonchev–Trinajstić information content (AvgIpc) is 2.00. The maximum atomic E-state index is 10.2. The molecule has 68 valence electrons. The predicted molar refractivity (Wildman–Crippen MR) is 50.2 cm³/mol. The summed E-state index contributed by atoms with van der Waals surface area (Å²) >= 11 is 4.74. The van der Waals surface area contributed by atoms with Gasteiger partial charge in [0.15, 0.2) is 5.11 Å². The van der Waals surface area contributed by atoms with Gasteiger partial charge in [-0.3, -0.25) is 5.43 Å². The van der Waals surface area contributed by atoms with E-state index in [4.69, 9.17) is 17.3 Å². The average molecular weight is 189 g/mol. The van der Waals surface area contributed by atoms with Gasteiger partial charge in [0.05, 0.1) is 0 Å². The van der Waals surface area contributed by atoms with Gasteiger partial charge in [0.2, 0.25) is 0 Å². The Bertz CT molecular complexity index is 215. The second kappa shape index (κ2) is 5.48. The zero-order valence-corrected chi connectivity index (χ0v) is 7.73. The molecule has 3 N–H and O–H groups in total. The molecule has 0 unspecified atom stereocenters. The van der Waals surface area contributed by atoms with Gasteiger partial charge in [-0.05, 0) is 26.1 Å². The molecule has 6 heteroatoms. The van der Waals surface area contributed by atoms with Crippen LogP contribution in [-0.4, -0.2) is 28.4 Å². The minimum absolute atomic E-state index is 0.0322. The van der Waals surface area contributed by atoms with Crippen molar-refractivity contribution >= 4 is 29.0 Å². The van der Waals surface area contributed by atoms with E-state index in [2.05, 4.69) is 15.8 Å². The Morgan fingerprint density at radius 1 is 1.67 bits per heavy atom. The Hall–Kier alpha value is -1.17. The molecule has 0 saturated heterocycles. The molecule has 0 rings (SSSR count). The smallest absolute Gasteiger partial charge is 0.351 e. The number of carboxylic acids is 1. The second-order valence-corrected chi connectivity index (χ2v) is 2.38. The van der Waals surface area contributed by atoms with Crippen molar-refractivity contribution in [2.75, 3.05) is 6.54 Å². The van der Waals surface area contributed by atoms with Gasteiger partial charge in [-0.1, -0.05) is 0 Å². The summed E-state index contributed by atoms with van der Waals surface area (Å²) in [5.74, 6) is -1.07. The molecule has 0 heterocycles. The van der Waals surface area contributed by atoms with E-state index < -0.39 is 5.97 Å². The molecule has 0 aliphatic rings. The Morgan fingerprint density at radius 2 is 2.25 bits per heavy atom. The maximum Gasteiger partial charge on any atom is 0.351 e. The molecule has 0 atom stereocenters. The minimum Gasteiger partial charge on any atom is -0.477 e. The van der Waals surface area contributed by atoms with E-state index in [1.807, 2.05) is 6.92 Å². The predicted octanol–water partition coefficient (Wildman–Crippen LogP) is -0.0691. The van der Waals surface area contributed by atoms with Gasteiger partial charge in [0.25, 0.3) is 0 Å². The van der Waals surface area contributed by atoms with E-state index in [0.29, 0.717) is 11.7 Å². The quantitative estimate of drug-likeness (QED) is 0.329. The molecule has 0 spiro atoms. The molecule has 0 aromatic carbocycles. The Morgan fingerprint density at radius 3 is 2.67 bits per heavy atom. The lowest BCUT2D eigenvalue weighted by Crippen LogP contribution is -2.32. The van der Waals surface area contributed by atoms with Crippen LogP contribution in [0.1, 0.15) is 13.8 Å². The first kappa shape index (κ1) is 10.8. The fourth-order valence-corrected chi connectivity index (χ4v) is 0.573. The van der Waals surface area contributed by atoms with Crippen LogP contribution < -0.4 is 10.7 Å². The van der Waals surface area contributed by atoms with E-state index in [1.54, 1.807) is 0 Å². The van der Waals surface area contributed by atoms with Crippen LogP contribution in [0.4, 0.5) is 0 Å². The molecule has 5 nitrogen and oxygen atoms in total. The molecular formula is C6H11N3O2S. The van der Waals surface area contributed by atoms with Gasteiger partial charge in [-0.2, -0.15) is 5.10 Å². The van der Waals surface area contributed by atoms with Crippen molar-refractivity contribution in [1.82, 2.24) is 10.7 Å². The number of nitrogens with one attached hydrogen (secondary N) is 2. The molecule has 0 aliphatic heterocycles. The van der Waals surface area contributed by atoms with Gasteiger partial charge < -0.3 is 10.4 Å². The molecule has 12 heavy (non-hydrogen) atoms. The first-order valence-electron chi connectivity index (χ1n) is 3.39. The SMILES string of the molecule is CCNC(=S)N/N=C(\C)C(=O)O. The summed E-state index contributed by atoms with van der Waals surface area (Å²) in [5.41, 5.74) is 2.36. The zero-order chi connectivity index (χ0) is 9.56. The number of rotatable bonds is 3. The fourth-order valence-electron chi connectivity index (χ4n) is 0.383. The molecule has 0 fully saturated rings. The van der Waals surface area contributed by atoms with Crippen LogP contribution in [-0.2, 0) is 4.79 Å². The van der Waals surface area contributed by atoms with Crippen molar-refractivity contribution in [3.8, 4) is 0 Å². The summed E-state index contributed by atoms with van der Waals surface area (Å²) in [6.07, 6.45) is 0. The first-order valence-corrected chi connectivity index (χ1v) is 3.80. The second-order valence-electron chi connectivity index (χ2n) is 1.97. The third-order valence-corrected chi connectivity index (χ3v) is 1.21. The summed E-state index contributed by atoms with van der Waals surface area (Å²) in [5, 5.41) is 15.0. The van der Waals surface area contributed by atoms with Crippen LogP contribution in [0.2, 0.25) is 0 Å². The van der Waals surface area contributed by atoms with Crippen molar-refractivity contribution in [2.45, 2.75) is 13.8 Å². The summed E-state index contributed by atoms with van der Waals surface area (Å²) in [6, 6.07) is 0. The van der Waals surface area contributed by atoms with E-state index >= 15 is 0 Å². The standard InChI is InChI=1S/C6H11N3O2S/c1-3-7-6(12)9-8-4(2)5(10)11/h3H2,1-2H3,(H,10,11)(H2,7,9,12)/b8-4+. The van der Waals surface area contributed by atoms with Crippen molar-refractivity contribution in [1.29, 1.82) is 0 Å². The largest absolute Gasteiger partial charge is 0.477 e. The van der Waals surface area contributed by atoms with Crippen LogP contribution in [0.25, 0.3) is 0 Å². The van der Waals surface area contributed by atoms with E-state index in [1.165, 1.54) is 6.92 Å². The number of carboxylic acid groups (broad SMARTS) is 1. The number of thiocarbonyl (C=S) groups is 1. The van der Waals surface area contributed by atoms with Crippen molar-refractivity contribution in [2.24, 2.45) is 5.10 Å². The molecule has 0 aromatic heterocycles. The number of aliphatic carboxylic acids is 1. The van der Waals surface area contributed by atoms with Gasteiger partial charge >= 0.3 is 5.97 Å². The molecule has 0 aromatic rings. The molecule has 0 saturated carbocycles. The highest BCUT2D eigenvalue weighted by atomic mass is 32.1. The van der Waals surface area contributed by atoms with Gasteiger partial charge in [-0.15, -0.1) is 0 Å². The Kier molecular flexibility index (Phi) is 4.94. The lowest BCUT2D eigenvalue weighted by atomic mass is 10.4. The van der Waals surface area contributed by atoms with E-state index in [-0.39, 0.29) is 5.71 Å². The molecule has 0 bridgehead atoms. The highest BCUT2D eigenvalue weighted by Crippen LogP contribution is 1.74. The van der Waals surface area contributed by atoms with E-state index in [9.17, 15) is 4.79 Å². The summed E-state index contributed by atoms with van der Waals surface area (Å²) in [7, 11) is 0.